The maximum atomic E-state index is 12.9. The van der Waals surface area contributed by atoms with Gasteiger partial charge in [-0.3, -0.25) is 0 Å². The van der Waals surface area contributed by atoms with Crippen LogP contribution in [-0.4, -0.2) is 42.1 Å². The molecule has 3 rings (SSSR count). The third kappa shape index (κ3) is 2.13. The number of alkyl halides is 3. The summed E-state index contributed by atoms with van der Waals surface area (Å²) in [6, 6.07) is 1.49. The van der Waals surface area contributed by atoms with Crippen molar-refractivity contribution in [2.45, 2.75) is 18.4 Å². The Balaban J connectivity index is 2.19. The molecule has 1 aromatic heterocycles. The van der Waals surface area contributed by atoms with Crippen LogP contribution in [0, 0.1) is 0 Å². The fourth-order valence-electron chi connectivity index (χ4n) is 2.50. The Bertz CT molecular complexity index is 828. The van der Waals surface area contributed by atoms with Crippen molar-refractivity contribution in [1.29, 1.82) is 0 Å². The Morgan fingerprint density at radius 3 is 2.46 bits per heavy atom. The molecule has 0 spiro atoms. The maximum Gasteiger partial charge on any atom is 0.458 e. The number of hydrogen-bond donors (Lipinski definition) is 2. The number of nitrogens with zero attached hydrogens (tertiary/aromatic N) is 1. The van der Waals surface area contributed by atoms with E-state index in [1.54, 1.807) is 0 Å². The van der Waals surface area contributed by atoms with Gasteiger partial charge in [-0.1, -0.05) is 5.16 Å². The van der Waals surface area contributed by atoms with Gasteiger partial charge in [0.05, 0.1) is 37.9 Å². The number of halogens is 3. The molecule has 0 unspecified atom stereocenters. The average Bonchev–Trinajstić information content (AvgIpc) is 3.13. The Hall–Kier alpha value is -2.62. The predicted octanol–water partition coefficient (Wildman–Crippen LogP) is 2.53. The summed E-state index contributed by atoms with van der Waals surface area (Å²) in [4.78, 5) is 4.18. The molecule has 0 saturated carbocycles. The molecule has 2 aromatic rings. The summed E-state index contributed by atoms with van der Waals surface area (Å²) in [6.07, 6.45) is -4.78. The van der Waals surface area contributed by atoms with Gasteiger partial charge < -0.3 is 28.9 Å². The van der Waals surface area contributed by atoms with E-state index in [0.717, 1.165) is 0 Å². The van der Waals surface area contributed by atoms with Crippen LogP contribution >= 0.6 is 0 Å². The minimum Gasteiger partial charge on any atom is -0.504 e. The number of phenolic OH excluding ortho intramolecular Hbond substituents is 1. The summed E-state index contributed by atoms with van der Waals surface area (Å²) in [7, 11) is 2.52. The van der Waals surface area contributed by atoms with E-state index in [9.17, 15) is 23.4 Å². The Labute approximate surface area is 132 Å². The van der Waals surface area contributed by atoms with E-state index in [0.29, 0.717) is 5.39 Å². The molecule has 1 aliphatic heterocycles. The number of aliphatic hydroxyl groups is 1. The topological polar surface area (TPSA) is 93.7 Å². The van der Waals surface area contributed by atoms with Gasteiger partial charge in [-0.25, -0.2) is 0 Å². The molecule has 130 valence electrons. The zero-order valence-electron chi connectivity index (χ0n) is 12.5. The molecule has 0 saturated heterocycles. The summed E-state index contributed by atoms with van der Waals surface area (Å²) in [5, 5.41) is 23.6. The number of rotatable bonds is 3. The molecule has 0 amide bonds. The highest BCUT2D eigenvalue weighted by atomic mass is 19.4. The number of aromatic hydroxyl groups is 1. The van der Waals surface area contributed by atoms with Crippen molar-refractivity contribution in [3.05, 3.63) is 17.9 Å². The maximum absolute atomic E-state index is 12.9. The van der Waals surface area contributed by atoms with Gasteiger partial charge in [-0.05, 0) is 6.07 Å². The van der Waals surface area contributed by atoms with Gasteiger partial charge in [-0.2, -0.15) is 13.2 Å². The lowest BCUT2D eigenvalue weighted by Gasteiger charge is -2.22. The average molecular weight is 347 g/mol. The van der Waals surface area contributed by atoms with Gasteiger partial charge in [0.2, 0.25) is 5.75 Å². The third-order valence-corrected chi connectivity index (χ3v) is 3.65. The standard InChI is InChI=1S/C14H12F3NO6/c1-21-10-6-3-4-23-11(6)12(22-2)9(19)8(10)7-5-13(20,24-18-7)14(15,16)17/h3-4,19-20H,5H2,1-2H3/t13-/m0/s1. The van der Waals surface area contributed by atoms with Crippen molar-refractivity contribution < 1.29 is 42.1 Å². The first-order valence-corrected chi connectivity index (χ1v) is 6.62. The largest absolute Gasteiger partial charge is 0.504 e. The van der Waals surface area contributed by atoms with E-state index < -0.39 is 24.1 Å². The zero-order valence-corrected chi connectivity index (χ0v) is 12.5. The zero-order chi connectivity index (χ0) is 17.7. The van der Waals surface area contributed by atoms with Crippen LogP contribution in [0.15, 0.2) is 21.9 Å². The van der Waals surface area contributed by atoms with Crippen LogP contribution < -0.4 is 9.47 Å². The van der Waals surface area contributed by atoms with Crippen molar-refractivity contribution >= 4 is 16.7 Å². The van der Waals surface area contributed by atoms with Gasteiger partial charge in [0.15, 0.2) is 11.3 Å². The number of ether oxygens (including phenoxy) is 2. The highest BCUT2D eigenvalue weighted by Gasteiger charge is 2.61. The van der Waals surface area contributed by atoms with Crippen LogP contribution in [-0.2, 0) is 4.84 Å². The van der Waals surface area contributed by atoms with Crippen molar-refractivity contribution in [3.8, 4) is 17.2 Å². The lowest BCUT2D eigenvalue weighted by Crippen LogP contribution is -2.45. The molecule has 0 radical (unpaired) electrons. The molecule has 2 N–H and O–H groups in total. The lowest BCUT2D eigenvalue weighted by molar-refractivity contribution is -0.355. The van der Waals surface area contributed by atoms with Gasteiger partial charge in [0.1, 0.15) is 11.5 Å². The Morgan fingerprint density at radius 2 is 1.92 bits per heavy atom. The molecule has 0 fully saturated rings. The fourth-order valence-corrected chi connectivity index (χ4v) is 2.50. The third-order valence-electron chi connectivity index (χ3n) is 3.65. The van der Waals surface area contributed by atoms with Gasteiger partial charge >= 0.3 is 12.0 Å². The number of benzene rings is 1. The summed E-state index contributed by atoms with van der Waals surface area (Å²) < 4.78 is 54.1. The molecule has 1 aliphatic rings. The van der Waals surface area contributed by atoms with E-state index in [2.05, 4.69) is 9.99 Å². The van der Waals surface area contributed by atoms with Crippen LogP contribution in [0.5, 0.6) is 17.2 Å². The highest BCUT2D eigenvalue weighted by molar-refractivity contribution is 6.12. The van der Waals surface area contributed by atoms with Crippen molar-refractivity contribution in [2.24, 2.45) is 5.16 Å². The molecule has 10 heteroatoms. The second-order valence-electron chi connectivity index (χ2n) is 5.04. The van der Waals surface area contributed by atoms with Gasteiger partial charge in [0, 0.05) is 0 Å². The van der Waals surface area contributed by atoms with E-state index in [1.807, 2.05) is 0 Å². The number of phenols is 1. The predicted molar refractivity (Wildman–Crippen MR) is 74.2 cm³/mol. The Kier molecular flexibility index (Phi) is 3.52. The number of fused-ring (bicyclic) bond motifs is 1. The minimum absolute atomic E-state index is 0.0193. The van der Waals surface area contributed by atoms with Crippen LogP contribution in [0.25, 0.3) is 11.0 Å². The molecule has 0 bridgehead atoms. The molecule has 24 heavy (non-hydrogen) atoms. The summed E-state index contributed by atoms with van der Waals surface area (Å²) in [5.74, 6) is -4.09. The van der Waals surface area contributed by atoms with E-state index in [-0.39, 0.29) is 28.4 Å². The van der Waals surface area contributed by atoms with Crippen LogP contribution in [0.4, 0.5) is 13.2 Å². The lowest BCUT2D eigenvalue weighted by atomic mass is 9.98. The summed E-state index contributed by atoms with van der Waals surface area (Å²) >= 11 is 0. The second kappa shape index (κ2) is 5.20. The smallest absolute Gasteiger partial charge is 0.458 e. The molecule has 0 aliphatic carbocycles. The number of furan rings is 1. The number of methoxy groups -OCH3 is 2. The van der Waals surface area contributed by atoms with E-state index >= 15 is 0 Å². The van der Waals surface area contributed by atoms with Crippen molar-refractivity contribution in [3.63, 3.8) is 0 Å². The molecule has 1 atom stereocenters. The molecular formula is C14H12F3NO6. The number of hydrogen-bond acceptors (Lipinski definition) is 7. The molecule has 2 heterocycles. The first kappa shape index (κ1) is 16.2. The first-order chi connectivity index (χ1) is 11.2. The van der Waals surface area contributed by atoms with Crippen LogP contribution in [0.1, 0.15) is 12.0 Å². The van der Waals surface area contributed by atoms with Gasteiger partial charge in [0.25, 0.3) is 0 Å². The highest BCUT2D eigenvalue weighted by Crippen LogP contribution is 2.48. The monoisotopic (exact) mass is 347 g/mol. The van der Waals surface area contributed by atoms with Crippen LogP contribution in [0.3, 0.4) is 0 Å². The summed E-state index contributed by atoms with van der Waals surface area (Å²) in [5.41, 5.74) is -0.366. The van der Waals surface area contributed by atoms with Crippen LogP contribution in [0.2, 0.25) is 0 Å². The molecular weight excluding hydrogens is 335 g/mol. The first-order valence-electron chi connectivity index (χ1n) is 6.62. The van der Waals surface area contributed by atoms with E-state index in [4.69, 9.17) is 13.9 Å². The fraction of sp³-hybridized carbons (Fsp3) is 0.357. The van der Waals surface area contributed by atoms with Gasteiger partial charge in [-0.15, -0.1) is 0 Å². The molecule has 1 aromatic carbocycles. The SMILES string of the molecule is COc1c(C2=NO[C@](O)(C(F)(F)F)C2)c(O)c(OC)c2occc12. The second-order valence-corrected chi connectivity index (χ2v) is 5.04. The summed E-state index contributed by atoms with van der Waals surface area (Å²) in [6.45, 7) is 0. The van der Waals surface area contributed by atoms with E-state index in [1.165, 1.54) is 26.5 Å². The minimum atomic E-state index is -5.06. The van der Waals surface area contributed by atoms with Crippen molar-refractivity contribution in [2.75, 3.05) is 14.2 Å². The van der Waals surface area contributed by atoms with Crippen molar-refractivity contribution in [1.82, 2.24) is 0 Å². The molecule has 7 nitrogen and oxygen atoms in total. The Morgan fingerprint density at radius 1 is 1.25 bits per heavy atom. The normalized spacial score (nSPS) is 20.8. The quantitative estimate of drug-likeness (QED) is 0.886. The number of oxime groups is 1.